The number of phenols is 1. The van der Waals surface area contributed by atoms with Crippen molar-refractivity contribution >= 4 is 0 Å². The normalized spacial score (nSPS) is 11.8. The first-order chi connectivity index (χ1) is 6.90. The summed E-state index contributed by atoms with van der Waals surface area (Å²) < 4.78 is 0. The van der Waals surface area contributed by atoms with Crippen molar-refractivity contribution in [3.63, 3.8) is 0 Å². The number of benzene rings is 1. The zero-order valence-electron chi connectivity index (χ0n) is 9.41. The van der Waals surface area contributed by atoms with Gasteiger partial charge in [-0.25, -0.2) is 0 Å². The van der Waals surface area contributed by atoms with Crippen LogP contribution in [-0.2, 0) is 18.6 Å². The zero-order chi connectivity index (χ0) is 11.6. The molecule has 1 aromatic carbocycles. The van der Waals surface area contributed by atoms with Crippen molar-refractivity contribution in [2.45, 2.75) is 39.4 Å². The smallest absolute Gasteiger partial charge is 0.124 e. The summed E-state index contributed by atoms with van der Waals surface area (Å²) in [5.74, 6) is 0.127. The van der Waals surface area contributed by atoms with Crippen molar-refractivity contribution in [1.29, 1.82) is 0 Å². The van der Waals surface area contributed by atoms with Crippen LogP contribution in [0.15, 0.2) is 12.1 Å². The monoisotopic (exact) mass is 210 g/mol. The Bertz CT molecular complexity index is 351. The summed E-state index contributed by atoms with van der Waals surface area (Å²) in [5.41, 5.74) is 1.71. The highest BCUT2D eigenvalue weighted by molar-refractivity contribution is 5.46. The van der Waals surface area contributed by atoms with E-state index in [0.29, 0.717) is 11.1 Å². The van der Waals surface area contributed by atoms with Gasteiger partial charge in [0.15, 0.2) is 0 Å². The van der Waals surface area contributed by atoms with E-state index in [4.69, 9.17) is 10.2 Å². The predicted octanol–water partition coefficient (Wildman–Crippen LogP) is 1.67. The Morgan fingerprint density at radius 3 is 2.07 bits per heavy atom. The molecule has 0 aliphatic heterocycles. The van der Waals surface area contributed by atoms with E-state index in [1.54, 1.807) is 12.1 Å². The van der Waals surface area contributed by atoms with Crippen LogP contribution >= 0.6 is 0 Å². The molecule has 0 saturated heterocycles. The Labute approximate surface area is 90.0 Å². The molecule has 0 atom stereocenters. The Morgan fingerprint density at radius 1 is 1.07 bits per heavy atom. The second-order valence-electron chi connectivity index (χ2n) is 4.72. The lowest BCUT2D eigenvalue weighted by Gasteiger charge is -2.22. The highest BCUT2D eigenvalue weighted by Crippen LogP contribution is 2.34. The fraction of sp³-hybridized carbons (Fsp3) is 0.500. The van der Waals surface area contributed by atoms with Gasteiger partial charge >= 0.3 is 0 Å². The molecule has 3 heteroatoms. The Balaban J connectivity index is 3.37. The van der Waals surface area contributed by atoms with Crippen LogP contribution < -0.4 is 0 Å². The van der Waals surface area contributed by atoms with Crippen LogP contribution in [0.4, 0.5) is 0 Å². The average molecular weight is 210 g/mol. The first-order valence-corrected chi connectivity index (χ1v) is 4.97. The van der Waals surface area contributed by atoms with Crippen molar-refractivity contribution in [1.82, 2.24) is 0 Å². The van der Waals surface area contributed by atoms with Crippen molar-refractivity contribution in [2.75, 3.05) is 0 Å². The van der Waals surface area contributed by atoms with E-state index in [9.17, 15) is 5.11 Å². The lowest BCUT2D eigenvalue weighted by molar-refractivity contribution is 0.269. The molecular weight excluding hydrogens is 192 g/mol. The molecule has 1 aromatic rings. The van der Waals surface area contributed by atoms with Crippen LogP contribution in [0.25, 0.3) is 0 Å². The maximum atomic E-state index is 9.90. The summed E-state index contributed by atoms with van der Waals surface area (Å²) in [6.07, 6.45) is 0. The molecule has 0 radical (unpaired) electrons. The topological polar surface area (TPSA) is 60.7 Å². The minimum atomic E-state index is -0.219. The molecule has 0 amide bonds. The summed E-state index contributed by atoms with van der Waals surface area (Å²) >= 11 is 0. The fourth-order valence-electron chi connectivity index (χ4n) is 1.54. The van der Waals surface area contributed by atoms with Gasteiger partial charge in [0.25, 0.3) is 0 Å². The molecule has 0 heterocycles. The molecule has 0 unspecified atom stereocenters. The van der Waals surface area contributed by atoms with Crippen LogP contribution in [0.3, 0.4) is 0 Å². The first kappa shape index (κ1) is 12.0. The third kappa shape index (κ3) is 2.49. The Hall–Kier alpha value is -1.06. The zero-order valence-corrected chi connectivity index (χ0v) is 9.41. The highest BCUT2D eigenvalue weighted by Gasteiger charge is 2.20. The number of aliphatic hydroxyl groups excluding tert-OH is 2. The van der Waals surface area contributed by atoms with Crippen LogP contribution in [0.2, 0.25) is 0 Å². The second-order valence-corrected chi connectivity index (χ2v) is 4.72. The van der Waals surface area contributed by atoms with Crippen molar-refractivity contribution in [3.8, 4) is 5.75 Å². The average Bonchev–Trinajstić information content (AvgIpc) is 2.16. The maximum absolute atomic E-state index is 9.90. The van der Waals surface area contributed by atoms with Gasteiger partial charge < -0.3 is 15.3 Å². The second kappa shape index (κ2) is 4.21. The van der Waals surface area contributed by atoms with Gasteiger partial charge in [-0.05, 0) is 28.7 Å². The van der Waals surface area contributed by atoms with E-state index >= 15 is 0 Å². The van der Waals surface area contributed by atoms with E-state index < -0.39 is 0 Å². The standard InChI is InChI=1S/C12H18O3/c1-12(2,3)10-5-8(6-13)4-9(7-14)11(10)15/h4-5,13-15H,6-7H2,1-3H3. The van der Waals surface area contributed by atoms with Gasteiger partial charge in [-0.2, -0.15) is 0 Å². The van der Waals surface area contributed by atoms with Gasteiger partial charge in [-0.15, -0.1) is 0 Å². The molecule has 1 rings (SSSR count). The molecule has 0 fully saturated rings. The molecule has 0 aliphatic carbocycles. The van der Waals surface area contributed by atoms with Crippen molar-refractivity contribution < 1.29 is 15.3 Å². The van der Waals surface area contributed by atoms with Crippen LogP contribution in [0.5, 0.6) is 5.75 Å². The predicted molar refractivity (Wildman–Crippen MR) is 58.7 cm³/mol. The lowest BCUT2D eigenvalue weighted by atomic mass is 9.84. The van der Waals surface area contributed by atoms with Crippen molar-refractivity contribution in [2.24, 2.45) is 0 Å². The summed E-state index contributed by atoms with van der Waals surface area (Å²) in [6, 6.07) is 3.39. The fourth-order valence-corrected chi connectivity index (χ4v) is 1.54. The van der Waals surface area contributed by atoms with E-state index in [1.807, 2.05) is 20.8 Å². The highest BCUT2D eigenvalue weighted by atomic mass is 16.3. The van der Waals surface area contributed by atoms with E-state index in [2.05, 4.69) is 0 Å². The Kier molecular flexibility index (Phi) is 3.37. The quantitative estimate of drug-likeness (QED) is 0.696. The summed E-state index contributed by atoms with van der Waals surface area (Å²) in [4.78, 5) is 0. The van der Waals surface area contributed by atoms with Gasteiger partial charge in [0.2, 0.25) is 0 Å². The van der Waals surface area contributed by atoms with Crippen LogP contribution in [0, 0.1) is 0 Å². The van der Waals surface area contributed by atoms with Gasteiger partial charge in [0, 0.05) is 5.56 Å². The molecule has 0 aliphatic rings. The van der Waals surface area contributed by atoms with Gasteiger partial charge in [-0.3, -0.25) is 0 Å². The number of hydrogen-bond donors (Lipinski definition) is 3. The van der Waals surface area contributed by atoms with Crippen LogP contribution in [0.1, 0.15) is 37.5 Å². The summed E-state index contributed by atoms with van der Waals surface area (Å²) in [7, 11) is 0. The van der Waals surface area contributed by atoms with Crippen LogP contribution in [-0.4, -0.2) is 15.3 Å². The minimum absolute atomic E-state index is 0.0869. The number of aliphatic hydroxyl groups is 2. The third-order valence-electron chi connectivity index (χ3n) is 2.41. The van der Waals surface area contributed by atoms with E-state index in [1.165, 1.54) is 0 Å². The van der Waals surface area contributed by atoms with Gasteiger partial charge in [0.05, 0.1) is 13.2 Å². The molecule has 0 saturated carbocycles. The van der Waals surface area contributed by atoms with Crippen molar-refractivity contribution in [3.05, 3.63) is 28.8 Å². The molecule has 15 heavy (non-hydrogen) atoms. The third-order valence-corrected chi connectivity index (χ3v) is 2.41. The molecule has 0 aromatic heterocycles. The molecule has 84 valence electrons. The first-order valence-electron chi connectivity index (χ1n) is 4.97. The molecule has 3 nitrogen and oxygen atoms in total. The van der Waals surface area contributed by atoms with E-state index in [0.717, 1.165) is 5.56 Å². The van der Waals surface area contributed by atoms with Gasteiger partial charge in [-0.1, -0.05) is 20.8 Å². The lowest BCUT2D eigenvalue weighted by Crippen LogP contribution is -2.13. The number of hydrogen-bond acceptors (Lipinski definition) is 3. The largest absolute Gasteiger partial charge is 0.507 e. The number of rotatable bonds is 2. The summed E-state index contributed by atoms with van der Waals surface area (Å²) in [6.45, 7) is 5.62. The Morgan fingerprint density at radius 2 is 1.67 bits per heavy atom. The van der Waals surface area contributed by atoms with Gasteiger partial charge in [0.1, 0.15) is 5.75 Å². The number of aromatic hydroxyl groups is 1. The SMILES string of the molecule is CC(C)(C)c1cc(CO)cc(CO)c1O. The molecule has 3 N–H and O–H groups in total. The van der Waals surface area contributed by atoms with E-state index in [-0.39, 0.29) is 24.4 Å². The molecule has 0 bridgehead atoms. The maximum Gasteiger partial charge on any atom is 0.124 e. The molecular formula is C12H18O3. The molecule has 0 spiro atoms. The summed E-state index contributed by atoms with van der Waals surface area (Å²) in [5, 5.41) is 28.1. The minimum Gasteiger partial charge on any atom is -0.507 e.